The van der Waals surface area contributed by atoms with Crippen molar-refractivity contribution in [1.29, 1.82) is 0 Å². The number of rotatable bonds is 3. The average molecular weight is 270 g/mol. The van der Waals surface area contributed by atoms with Gasteiger partial charge in [-0.25, -0.2) is 4.68 Å². The molecule has 0 unspecified atom stereocenters. The molecule has 0 spiro atoms. The first-order valence-corrected chi connectivity index (χ1v) is 5.49. The monoisotopic (exact) mass is 269 g/mol. The molecule has 15 heavy (non-hydrogen) atoms. The molecule has 5 nitrogen and oxygen atoms in total. The van der Waals surface area contributed by atoms with E-state index in [1.54, 1.807) is 17.1 Å². The summed E-state index contributed by atoms with van der Waals surface area (Å²) in [6, 6.07) is 1.97. The van der Waals surface area contributed by atoms with E-state index in [-0.39, 0.29) is 0 Å². The van der Waals surface area contributed by atoms with Crippen LogP contribution in [0.4, 0.5) is 5.82 Å². The Morgan fingerprint density at radius 1 is 1.40 bits per heavy atom. The molecule has 0 bridgehead atoms. The molecule has 0 saturated carbocycles. The van der Waals surface area contributed by atoms with Crippen LogP contribution in [0.15, 0.2) is 22.9 Å². The van der Waals surface area contributed by atoms with Gasteiger partial charge in [-0.15, -0.1) is 0 Å². The third-order valence-electron chi connectivity index (χ3n) is 2.25. The Labute approximate surface area is 96.0 Å². The van der Waals surface area contributed by atoms with Crippen LogP contribution in [0.1, 0.15) is 12.6 Å². The molecule has 2 aromatic rings. The van der Waals surface area contributed by atoms with E-state index in [0.29, 0.717) is 12.4 Å². The number of halogens is 1. The maximum atomic E-state index is 5.83. The van der Waals surface area contributed by atoms with Crippen molar-refractivity contribution >= 4 is 21.7 Å². The maximum absolute atomic E-state index is 5.83. The van der Waals surface area contributed by atoms with E-state index in [1.165, 1.54) is 0 Å². The first kappa shape index (κ1) is 10.2. The second-order valence-electron chi connectivity index (χ2n) is 3.17. The summed E-state index contributed by atoms with van der Waals surface area (Å²) in [4.78, 5) is 0. The fourth-order valence-corrected chi connectivity index (χ4v) is 1.73. The largest absolute Gasteiger partial charge is 0.383 e. The number of anilines is 1. The molecule has 0 radical (unpaired) electrons. The van der Waals surface area contributed by atoms with Crippen molar-refractivity contribution in [2.75, 3.05) is 5.73 Å². The second kappa shape index (κ2) is 4.06. The molecule has 2 N–H and O–H groups in total. The van der Waals surface area contributed by atoms with Gasteiger partial charge in [-0.2, -0.15) is 10.2 Å². The van der Waals surface area contributed by atoms with E-state index in [0.717, 1.165) is 16.7 Å². The summed E-state index contributed by atoms with van der Waals surface area (Å²) in [7, 11) is 0. The Balaban J connectivity index is 2.25. The van der Waals surface area contributed by atoms with Gasteiger partial charge in [0.15, 0.2) is 0 Å². The Bertz CT molecular complexity index is 459. The van der Waals surface area contributed by atoms with Gasteiger partial charge in [-0.3, -0.25) is 4.68 Å². The minimum Gasteiger partial charge on any atom is -0.383 e. The minimum atomic E-state index is 0.638. The first-order valence-electron chi connectivity index (χ1n) is 4.70. The minimum absolute atomic E-state index is 0.638. The smallest absolute Gasteiger partial charge is 0.136 e. The summed E-state index contributed by atoms with van der Waals surface area (Å²) in [5.41, 5.74) is 6.93. The molecule has 0 amide bonds. The number of hydrogen-bond acceptors (Lipinski definition) is 3. The second-order valence-corrected chi connectivity index (χ2v) is 4.03. The number of aromatic nitrogens is 4. The van der Waals surface area contributed by atoms with Crippen molar-refractivity contribution in [2.24, 2.45) is 0 Å². The van der Waals surface area contributed by atoms with Crippen LogP contribution in [-0.2, 0) is 13.1 Å². The van der Waals surface area contributed by atoms with Crippen molar-refractivity contribution in [1.82, 2.24) is 19.6 Å². The predicted octanol–water partition coefficient (Wildman–Crippen LogP) is 1.49. The van der Waals surface area contributed by atoms with Gasteiger partial charge in [0.1, 0.15) is 5.82 Å². The van der Waals surface area contributed by atoms with Crippen LogP contribution < -0.4 is 5.73 Å². The van der Waals surface area contributed by atoms with Gasteiger partial charge in [0.25, 0.3) is 0 Å². The number of nitrogens with two attached hydrogens (primary N) is 1. The Morgan fingerprint density at radius 2 is 2.20 bits per heavy atom. The highest BCUT2D eigenvalue weighted by Crippen LogP contribution is 2.18. The lowest BCUT2D eigenvalue weighted by atomic mass is 10.4. The lowest BCUT2D eigenvalue weighted by Crippen LogP contribution is -2.10. The van der Waals surface area contributed by atoms with E-state index in [9.17, 15) is 0 Å². The molecule has 2 heterocycles. The average Bonchev–Trinajstić information content (AvgIpc) is 2.80. The van der Waals surface area contributed by atoms with Gasteiger partial charge in [0.2, 0.25) is 0 Å². The molecular formula is C9H12BrN5. The van der Waals surface area contributed by atoms with E-state index < -0.39 is 0 Å². The maximum Gasteiger partial charge on any atom is 0.136 e. The van der Waals surface area contributed by atoms with Crippen molar-refractivity contribution in [3.63, 3.8) is 0 Å². The van der Waals surface area contributed by atoms with Gasteiger partial charge in [0, 0.05) is 12.7 Å². The van der Waals surface area contributed by atoms with Crippen LogP contribution in [0.2, 0.25) is 0 Å². The summed E-state index contributed by atoms with van der Waals surface area (Å²) >= 11 is 3.32. The van der Waals surface area contributed by atoms with E-state index in [1.807, 2.05) is 10.7 Å². The summed E-state index contributed by atoms with van der Waals surface area (Å²) in [6.07, 6.45) is 3.48. The molecule has 0 aliphatic heterocycles. The van der Waals surface area contributed by atoms with Crippen molar-refractivity contribution in [3.05, 3.63) is 28.6 Å². The molecule has 2 aromatic heterocycles. The zero-order chi connectivity index (χ0) is 10.8. The van der Waals surface area contributed by atoms with Crippen LogP contribution in [0.3, 0.4) is 0 Å². The zero-order valence-corrected chi connectivity index (χ0v) is 9.98. The Hall–Kier alpha value is -1.30. The molecule has 0 fully saturated rings. The van der Waals surface area contributed by atoms with E-state index >= 15 is 0 Å². The Kier molecular flexibility index (Phi) is 2.77. The van der Waals surface area contributed by atoms with Gasteiger partial charge < -0.3 is 5.73 Å². The highest BCUT2D eigenvalue weighted by molar-refractivity contribution is 9.10. The van der Waals surface area contributed by atoms with Gasteiger partial charge >= 0.3 is 0 Å². The summed E-state index contributed by atoms with van der Waals surface area (Å²) in [5.74, 6) is 0.638. The standard InChI is InChI=1S/C9H12BrN5/c1-2-14-7(3-4-12-14)6-15-9(11)8(10)5-13-15/h3-5H,2,6,11H2,1H3. The van der Waals surface area contributed by atoms with Crippen molar-refractivity contribution in [2.45, 2.75) is 20.0 Å². The van der Waals surface area contributed by atoms with Crippen molar-refractivity contribution in [3.8, 4) is 0 Å². The lowest BCUT2D eigenvalue weighted by molar-refractivity contribution is 0.581. The van der Waals surface area contributed by atoms with Crippen molar-refractivity contribution < 1.29 is 0 Å². The highest BCUT2D eigenvalue weighted by atomic mass is 79.9. The summed E-state index contributed by atoms with van der Waals surface area (Å²) in [5, 5.41) is 8.36. The number of aryl methyl sites for hydroxylation is 1. The predicted molar refractivity (Wildman–Crippen MR) is 61.3 cm³/mol. The van der Waals surface area contributed by atoms with E-state index in [4.69, 9.17) is 5.73 Å². The van der Waals surface area contributed by atoms with Crippen LogP contribution in [-0.4, -0.2) is 19.6 Å². The van der Waals surface area contributed by atoms with Gasteiger partial charge in [0.05, 0.1) is 22.9 Å². The fourth-order valence-electron chi connectivity index (χ4n) is 1.43. The molecule has 0 atom stereocenters. The topological polar surface area (TPSA) is 61.7 Å². The lowest BCUT2D eigenvalue weighted by Gasteiger charge is -2.06. The van der Waals surface area contributed by atoms with Gasteiger partial charge in [-0.05, 0) is 28.9 Å². The Morgan fingerprint density at radius 3 is 2.80 bits per heavy atom. The fraction of sp³-hybridized carbons (Fsp3) is 0.333. The molecule has 0 aromatic carbocycles. The molecule has 0 aliphatic carbocycles. The third kappa shape index (κ3) is 1.90. The summed E-state index contributed by atoms with van der Waals surface area (Å²) in [6.45, 7) is 3.55. The normalized spacial score (nSPS) is 10.8. The number of nitrogen functional groups attached to an aromatic ring is 1. The van der Waals surface area contributed by atoms with Gasteiger partial charge in [-0.1, -0.05) is 0 Å². The molecule has 2 rings (SSSR count). The quantitative estimate of drug-likeness (QED) is 0.919. The zero-order valence-electron chi connectivity index (χ0n) is 8.39. The molecule has 0 aliphatic rings. The first-order chi connectivity index (χ1) is 7.22. The van der Waals surface area contributed by atoms with E-state index in [2.05, 4.69) is 33.1 Å². The number of nitrogens with zero attached hydrogens (tertiary/aromatic N) is 4. The molecule has 80 valence electrons. The molecule has 0 saturated heterocycles. The third-order valence-corrected chi connectivity index (χ3v) is 2.86. The molecular weight excluding hydrogens is 258 g/mol. The summed E-state index contributed by atoms with van der Waals surface area (Å²) < 4.78 is 4.49. The van der Waals surface area contributed by atoms with Crippen LogP contribution >= 0.6 is 15.9 Å². The SMILES string of the molecule is CCn1nccc1Cn1ncc(Br)c1N. The van der Waals surface area contributed by atoms with Crippen LogP contribution in [0.5, 0.6) is 0 Å². The number of hydrogen-bond donors (Lipinski definition) is 1. The van der Waals surface area contributed by atoms with Crippen LogP contribution in [0, 0.1) is 0 Å². The highest BCUT2D eigenvalue weighted by Gasteiger charge is 2.07. The molecule has 6 heteroatoms. The van der Waals surface area contributed by atoms with Crippen LogP contribution in [0.25, 0.3) is 0 Å².